The highest BCUT2D eigenvalue weighted by atomic mass is 16.2. The van der Waals surface area contributed by atoms with Gasteiger partial charge in [-0.05, 0) is 18.4 Å². The van der Waals surface area contributed by atoms with Crippen molar-refractivity contribution in [3.8, 4) is 0 Å². The van der Waals surface area contributed by atoms with E-state index in [2.05, 4.69) is 15.2 Å². The number of nitrogen functional groups attached to an aromatic ring is 1. The Hall–Kier alpha value is -2.37. The minimum absolute atomic E-state index is 0.0961. The van der Waals surface area contributed by atoms with Gasteiger partial charge in [0, 0.05) is 12.6 Å². The molecule has 3 N–H and O–H groups in total. The van der Waals surface area contributed by atoms with Crippen molar-refractivity contribution in [1.82, 2.24) is 20.1 Å². The summed E-state index contributed by atoms with van der Waals surface area (Å²) in [4.78, 5) is 18.1. The van der Waals surface area contributed by atoms with Crippen LogP contribution in [0.15, 0.2) is 30.3 Å². The third-order valence-electron chi connectivity index (χ3n) is 3.15. The summed E-state index contributed by atoms with van der Waals surface area (Å²) >= 11 is 0. The molecule has 1 amide bonds. The summed E-state index contributed by atoms with van der Waals surface area (Å²) in [7, 11) is 0. The number of carbonyl (C=O) groups is 1. The van der Waals surface area contributed by atoms with Crippen LogP contribution in [-0.4, -0.2) is 32.0 Å². The third kappa shape index (κ3) is 2.57. The number of anilines is 1. The summed E-state index contributed by atoms with van der Waals surface area (Å²) in [5.41, 5.74) is 6.54. The van der Waals surface area contributed by atoms with Crippen LogP contribution >= 0.6 is 0 Å². The fraction of sp³-hybridized carbons (Fsp3) is 0.308. The van der Waals surface area contributed by atoms with E-state index in [1.54, 1.807) is 0 Å². The Kier molecular flexibility index (Phi) is 2.91. The average molecular weight is 257 g/mol. The molecule has 1 aromatic heterocycles. The number of carbonyl (C=O) groups excluding carboxylic acids is 1. The lowest BCUT2D eigenvalue weighted by molar-refractivity contribution is 0.0718. The fourth-order valence-corrected chi connectivity index (χ4v) is 2.04. The number of benzene rings is 1. The number of hydrogen-bond acceptors (Lipinski definition) is 4. The zero-order valence-electron chi connectivity index (χ0n) is 10.4. The van der Waals surface area contributed by atoms with Crippen LogP contribution in [0.2, 0.25) is 0 Å². The molecule has 1 heterocycles. The Labute approximate surface area is 110 Å². The van der Waals surface area contributed by atoms with Crippen LogP contribution in [0.1, 0.15) is 29.0 Å². The van der Waals surface area contributed by atoms with Gasteiger partial charge in [0.15, 0.2) is 0 Å². The van der Waals surface area contributed by atoms with Crippen molar-refractivity contribution in [2.24, 2.45) is 0 Å². The van der Waals surface area contributed by atoms with Crippen LogP contribution in [0.3, 0.4) is 0 Å². The van der Waals surface area contributed by atoms with E-state index < -0.39 is 0 Å². The number of aromatic nitrogens is 3. The lowest BCUT2D eigenvalue weighted by atomic mass is 10.2. The molecular formula is C13H15N5O. The molecule has 6 nitrogen and oxygen atoms in total. The lowest BCUT2D eigenvalue weighted by Gasteiger charge is -2.21. The minimum atomic E-state index is -0.143. The molecule has 0 unspecified atom stereocenters. The first-order chi connectivity index (χ1) is 9.24. The number of nitrogens with zero attached hydrogens (tertiary/aromatic N) is 3. The minimum Gasteiger partial charge on any atom is -0.366 e. The molecule has 0 saturated heterocycles. The molecule has 1 aromatic carbocycles. The van der Waals surface area contributed by atoms with Gasteiger partial charge >= 0.3 is 0 Å². The smallest absolute Gasteiger partial charge is 0.291 e. The zero-order chi connectivity index (χ0) is 13.2. The van der Waals surface area contributed by atoms with Gasteiger partial charge in [-0.3, -0.25) is 9.89 Å². The van der Waals surface area contributed by atoms with E-state index >= 15 is 0 Å². The van der Waals surface area contributed by atoms with Gasteiger partial charge in [0.2, 0.25) is 11.8 Å². The van der Waals surface area contributed by atoms with Gasteiger partial charge in [0.05, 0.1) is 0 Å². The Balaban J connectivity index is 1.79. The van der Waals surface area contributed by atoms with Gasteiger partial charge in [-0.2, -0.15) is 4.98 Å². The second-order valence-electron chi connectivity index (χ2n) is 4.69. The van der Waals surface area contributed by atoms with Crippen molar-refractivity contribution in [3.05, 3.63) is 41.7 Å². The molecule has 2 aromatic rings. The molecule has 1 aliphatic rings. The molecule has 0 radical (unpaired) electrons. The van der Waals surface area contributed by atoms with Crippen LogP contribution in [0.5, 0.6) is 0 Å². The highest BCUT2D eigenvalue weighted by molar-refractivity contribution is 5.91. The highest BCUT2D eigenvalue weighted by Crippen LogP contribution is 2.29. The van der Waals surface area contributed by atoms with Crippen LogP contribution in [0.4, 0.5) is 5.95 Å². The highest BCUT2D eigenvalue weighted by Gasteiger charge is 2.34. The van der Waals surface area contributed by atoms with E-state index in [0.29, 0.717) is 12.6 Å². The summed E-state index contributed by atoms with van der Waals surface area (Å²) in [6.45, 7) is 0.588. The Morgan fingerprint density at radius 3 is 2.68 bits per heavy atom. The summed E-state index contributed by atoms with van der Waals surface area (Å²) in [5, 5.41) is 6.28. The maximum absolute atomic E-state index is 12.4. The van der Waals surface area contributed by atoms with E-state index in [1.807, 2.05) is 35.2 Å². The lowest BCUT2D eigenvalue weighted by Crippen LogP contribution is -2.33. The normalized spacial score (nSPS) is 14.3. The molecule has 1 fully saturated rings. The SMILES string of the molecule is Nc1n[nH]c(C(=O)N(Cc2ccccc2)C2CC2)n1. The van der Waals surface area contributed by atoms with Crippen molar-refractivity contribution in [1.29, 1.82) is 0 Å². The van der Waals surface area contributed by atoms with E-state index in [0.717, 1.165) is 18.4 Å². The van der Waals surface area contributed by atoms with Gasteiger partial charge < -0.3 is 10.6 Å². The summed E-state index contributed by atoms with van der Waals surface area (Å²) in [6, 6.07) is 10.2. The third-order valence-corrected chi connectivity index (χ3v) is 3.15. The first kappa shape index (κ1) is 11.7. The van der Waals surface area contributed by atoms with Gasteiger partial charge in [-0.1, -0.05) is 30.3 Å². The number of H-pyrrole nitrogens is 1. The van der Waals surface area contributed by atoms with Gasteiger partial charge in [0.25, 0.3) is 5.91 Å². The molecule has 3 rings (SSSR count). The van der Waals surface area contributed by atoms with Gasteiger partial charge in [-0.15, -0.1) is 5.10 Å². The number of amides is 1. The van der Waals surface area contributed by atoms with Gasteiger partial charge in [0.1, 0.15) is 0 Å². The van der Waals surface area contributed by atoms with Crippen LogP contribution < -0.4 is 5.73 Å². The molecule has 0 aliphatic heterocycles. The van der Waals surface area contributed by atoms with Crippen molar-refractivity contribution >= 4 is 11.9 Å². The van der Waals surface area contributed by atoms with Crippen molar-refractivity contribution in [2.75, 3.05) is 5.73 Å². The second-order valence-corrected chi connectivity index (χ2v) is 4.69. The molecule has 98 valence electrons. The molecule has 1 aliphatic carbocycles. The molecule has 1 saturated carbocycles. The fourth-order valence-electron chi connectivity index (χ4n) is 2.04. The number of nitrogens with one attached hydrogen (secondary N) is 1. The predicted octanol–water partition coefficient (Wildman–Crippen LogP) is 1.19. The number of aromatic amines is 1. The molecular weight excluding hydrogens is 242 g/mol. The molecule has 6 heteroatoms. The van der Waals surface area contributed by atoms with Crippen LogP contribution in [0, 0.1) is 0 Å². The maximum Gasteiger partial charge on any atom is 0.291 e. The summed E-state index contributed by atoms with van der Waals surface area (Å²) < 4.78 is 0. The number of rotatable bonds is 4. The molecule has 19 heavy (non-hydrogen) atoms. The van der Waals surface area contributed by atoms with Crippen molar-refractivity contribution < 1.29 is 4.79 Å². The zero-order valence-corrected chi connectivity index (χ0v) is 10.4. The van der Waals surface area contributed by atoms with E-state index in [9.17, 15) is 4.79 Å². The first-order valence-electron chi connectivity index (χ1n) is 6.27. The van der Waals surface area contributed by atoms with Gasteiger partial charge in [-0.25, -0.2) is 0 Å². The first-order valence-corrected chi connectivity index (χ1v) is 6.27. The predicted molar refractivity (Wildman–Crippen MR) is 70.1 cm³/mol. The molecule has 0 spiro atoms. The number of nitrogens with two attached hydrogens (primary N) is 1. The topological polar surface area (TPSA) is 87.9 Å². The summed E-state index contributed by atoms with van der Waals surface area (Å²) in [5.74, 6) is 0.162. The standard InChI is InChI=1S/C13H15N5O/c14-13-15-11(16-17-13)12(19)18(10-6-7-10)8-9-4-2-1-3-5-9/h1-5,10H,6-8H2,(H3,14,15,16,17). The average Bonchev–Trinajstić information content (AvgIpc) is 3.18. The maximum atomic E-state index is 12.4. The van der Waals surface area contributed by atoms with E-state index in [-0.39, 0.29) is 17.7 Å². The Morgan fingerprint density at radius 1 is 1.37 bits per heavy atom. The van der Waals surface area contributed by atoms with E-state index in [1.165, 1.54) is 0 Å². The second kappa shape index (κ2) is 4.72. The van der Waals surface area contributed by atoms with Crippen molar-refractivity contribution in [3.63, 3.8) is 0 Å². The van der Waals surface area contributed by atoms with Crippen molar-refractivity contribution in [2.45, 2.75) is 25.4 Å². The van der Waals surface area contributed by atoms with Crippen LogP contribution in [-0.2, 0) is 6.54 Å². The number of hydrogen-bond donors (Lipinski definition) is 2. The quantitative estimate of drug-likeness (QED) is 0.861. The monoisotopic (exact) mass is 257 g/mol. The van der Waals surface area contributed by atoms with Crippen LogP contribution in [0.25, 0.3) is 0 Å². The Bertz CT molecular complexity index is 576. The van der Waals surface area contributed by atoms with E-state index in [4.69, 9.17) is 5.73 Å². The largest absolute Gasteiger partial charge is 0.366 e. The molecule has 0 atom stereocenters. The Morgan fingerprint density at radius 2 is 2.11 bits per heavy atom. The molecule has 0 bridgehead atoms. The summed E-state index contributed by atoms with van der Waals surface area (Å²) in [6.07, 6.45) is 2.09.